The molecule has 1 aromatic carbocycles. The fourth-order valence-electron chi connectivity index (χ4n) is 4.08. The van der Waals surface area contributed by atoms with Crippen LogP contribution in [0.5, 0.6) is 0 Å². The lowest BCUT2D eigenvalue weighted by molar-refractivity contribution is 0.305. The zero-order valence-electron chi connectivity index (χ0n) is 14.3. The van der Waals surface area contributed by atoms with Crippen molar-refractivity contribution in [3.05, 3.63) is 29.5 Å². The van der Waals surface area contributed by atoms with E-state index in [1.807, 2.05) is 0 Å². The van der Waals surface area contributed by atoms with Crippen LogP contribution in [0.3, 0.4) is 0 Å². The van der Waals surface area contributed by atoms with Crippen molar-refractivity contribution in [3.8, 4) is 0 Å². The first-order chi connectivity index (χ1) is 11.5. The molecule has 1 fully saturated rings. The number of aliphatic imine (C=N–C) groups is 2. The highest BCUT2D eigenvalue weighted by atomic mass is 15.4. The van der Waals surface area contributed by atoms with Crippen molar-refractivity contribution in [3.63, 3.8) is 0 Å². The molecule has 1 aliphatic carbocycles. The molecule has 2 aromatic rings. The second-order valence-electron chi connectivity index (χ2n) is 6.92. The van der Waals surface area contributed by atoms with Crippen LogP contribution in [0.1, 0.15) is 43.4 Å². The number of aromatic amines is 1. The lowest BCUT2D eigenvalue weighted by atomic mass is 9.87. The lowest BCUT2D eigenvalue weighted by Crippen LogP contribution is -2.58. The minimum atomic E-state index is -0.388. The number of benzene rings is 1. The van der Waals surface area contributed by atoms with Crippen LogP contribution in [-0.4, -0.2) is 22.6 Å². The van der Waals surface area contributed by atoms with Crippen molar-refractivity contribution in [2.45, 2.75) is 51.6 Å². The topological polar surface area (TPSA) is 95.8 Å². The number of fused-ring (bicyclic) bond motifs is 1. The molecule has 6 heteroatoms. The number of rotatable bonds is 1. The van der Waals surface area contributed by atoms with E-state index < -0.39 is 0 Å². The van der Waals surface area contributed by atoms with Gasteiger partial charge in [0.15, 0.2) is 0 Å². The van der Waals surface area contributed by atoms with Crippen LogP contribution in [0.25, 0.3) is 10.9 Å². The Bertz CT molecular complexity index is 854. The van der Waals surface area contributed by atoms with Gasteiger partial charge in [-0.05, 0) is 63.3 Å². The van der Waals surface area contributed by atoms with Crippen LogP contribution < -0.4 is 16.4 Å². The molecule has 126 valence electrons. The van der Waals surface area contributed by atoms with Crippen molar-refractivity contribution in [2.24, 2.45) is 21.5 Å². The number of nitrogens with one attached hydrogen (secondary N) is 1. The van der Waals surface area contributed by atoms with E-state index >= 15 is 0 Å². The van der Waals surface area contributed by atoms with Crippen LogP contribution in [0.4, 0.5) is 5.69 Å². The first-order valence-corrected chi connectivity index (χ1v) is 8.59. The maximum Gasteiger partial charge on any atom is 0.220 e. The molecule has 1 saturated carbocycles. The summed E-state index contributed by atoms with van der Waals surface area (Å²) in [6, 6.07) is 6.38. The van der Waals surface area contributed by atoms with Gasteiger partial charge in [-0.25, -0.2) is 4.99 Å². The Balaban J connectivity index is 1.86. The second-order valence-corrected chi connectivity index (χ2v) is 6.92. The van der Waals surface area contributed by atoms with Crippen LogP contribution in [-0.2, 0) is 0 Å². The zero-order valence-corrected chi connectivity index (χ0v) is 14.3. The molecule has 6 nitrogen and oxygen atoms in total. The first kappa shape index (κ1) is 15.1. The number of aryl methyl sites for hydroxylation is 2. The molecule has 0 radical (unpaired) electrons. The van der Waals surface area contributed by atoms with Gasteiger partial charge in [0.05, 0.1) is 0 Å². The lowest BCUT2D eigenvalue weighted by Gasteiger charge is -2.45. The molecule has 0 unspecified atom stereocenters. The monoisotopic (exact) mass is 324 g/mol. The van der Waals surface area contributed by atoms with E-state index in [2.05, 4.69) is 46.9 Å². The number of guanidine groups is 2. The molecule has 1 aliphatic heterocycles. The van der Waals surface area contributed by atoms with Gasteiger partial charge in [-0.2, -0.15) is 4.99 Å². The minimum absolute atomic E-state index is 0.292. The van der Waals surface area contributed by atoms with E-state index in [4.69, 9.17) is 16.5 Å². The zero-order chi connectivity index (χ0) is 16.9. The third-order valence-electron chi connectivity index (χ3n) is 5.40. The average molecular weight is 324 g/mol. The Morgan fingerprint density at radius 3 is 2.62 bits per heavy atom. The van der Waals surface area contributed by atoms with Crippen LogP contribution in [0.15, 0.2) is 28.2 Å². The van der Waals surface area contributed by atoms with Gasteiger partial charge < -0.3 is 16.5 Å². The molecule has 5 N–H and O–H groups in total. The fraction of sp³-hybridized carbons (Fsp3) is 0.444. The number of nitrogens with zero attached hydrogens (tertiary/aromatic N) is 3. The maximum absolute atomic E-state index is 6.30. The highest BCUT2D eigenvalue weighted by molar-refractivity contribution is 6.06. The molecule has 0 bridgehead atoms. The molecular formula is C18H24N6. The normalized spacial score (nSPS) is 20.3. The number of H-pyrrole nitrogens is 1. The minimum Gasteiger partial charge on any atom is -0.369 e. The van der Waals surface area contributed by atoms with E-state index in [0.29, 0.717) is 11.9 Å². The van der Waals surface area contributed by atoms with Gasteiger partial charge in [0, 0.05) is 22.3 Å². The number of anilines is 1. The quantitative estimate of drug-likeness (QED) is 0.752. The molecule has 24 heavy (non-hydrogen) atoms. The Morgan fingerprint density at radius 2 is 1.88 bits per heavy atom. The molecule has 2 heterocycles. The fourth-order valence-corrected chi connectivity index (χ4v) is 4.08. The Labute approximate surface area is 141 Å². The van der Waals surface area contributed by atoms with E-state index in [9.17, 15) is 0 Å². The summed E-state index contributed by atoms with van der Waals surface area (Å²) in [7, 11) is 0. The SMILES string of the molecule is Cc1[nH]c2ccc(N3C(N)=NC(N)=NC34CCCCC4)cc2c1C. The van der Waals surface area contributed by atoms with E-state index in [1.165, 1.54) is 23.1 Å². The summed E-state index contributed by atoms with van der Waals surface area (Å²) in [6.45, 7) is 4.23. The summed E-state index contributed by atoms with van der Waals surface area (Å²) in [4.78, 5) is 14.5. The van der Waals surface area contributed by atoms with Gasteiger partial charge in [0.2, 0.25) is 11.9 Å². The summed E-state index contributed by atoms with van der Waals surface area (Å²) in [5.41, 5.74) is 16.5. The second kappa shape index (κ2) is 5.26. The number of aromatic nitrogens is 1. The Morgan fingerprint density at radius 1 is 1.12 bits per heavy atom. The molecule has 0 amide bonds. The summed E-state index contributed by atoms with van der Waals surface area (Å²) in [6.07, 6.45) is 5.40. The van der Waals surface area contributed by atoms with Gasteiger partial charge in [0.25, 0.3) is 0 Å². The first-order valence-electron chi connectivity index (χ1n) is 8.59. The molecule has 1 aromatic heterocycles. The molecular weight excluding hydrogens is 300 g/mol. The van der Waals surface area contributed by atoms with E-state index in [0.717, 1.165) is 36.9 Å². The number of nitrogens with two attached hydrogens (primary N) is 2. The number of hydrogen-bond donors (Lipinski definition) is 3. The standard InChI is InChI=1S/C18H24N6/c1-11-12(2)21-15-7-6-13(10-14(11)15)24-17(20)22-16(19)23-18(24)8-4-3-5-9-18/h6-7,10,21H,3-5,8-9H2,1-2H3,(H4,19,20,22,23). The van der Waals surface area contributed by atoms with Crippen LogP contribution >= 0.6 is 0 Å². The summed E-state index contributed by atoms with van der Waals surface area (Å²) in [5.74, 6) is 0.731. The molecule has 0 atom stereocenters. The Hall–Kier alpha value is -2.50. The van der Waals surface area contributed by atoms with Gasteiger partial charge in [0.1, 0.15) is 5.66 Å². The molecule has 1 spiro atoms. The van der Waals surface area contributed by atoms with Gasteiger partial charge in [-0.1, -0.05) is 6.42 Å². The van der Waals surface area contributed by atoms with Crippen molar-refractivity contribution < 1.29 is 0 Å². The van der Waals surface area contributed by atoms with Crippen molar-refractivity contribution in [1.82, 2.24) is 4.98 Å². The van der Waals surface area contributed by atoms with Crippen molar-refractivity contribution in [2.75, 3.05) is 4.90 Å². The number of hydrogen-bond acceptors (Lipinski definition) is 5. The van der Waals surface area contributed by atoms with Crippen LogP contribution in [0.2, 0.25) is 0 Å². The molecule has 2 aliphatic rings. The molecule has 4 rings (SSSR count). The van der Waals surface area contributed by atoms with Crippen molar-refractivity contribution >= 4 is 28.5 Å². The molecule has 0 saturated heterocycles. The van der Waals surface area contributed by atoms with E-state index in [1.54, 1.807) is 0 Å². The largest absolute Gasteiger partial charge is 0.369 e. The van der Waals surface area contributed by atoms with Crippen LogP contribution in [0, 0.1) is 13.8 Å². The van der Waals surface area contributed by atoms with Gasteiger partial charge in [-0.3, -0.25) is 4.90 Å². The van der Waals surface area contributed by atoms with E-state index in [-0.39, 0.29) is 5.66 Å². The maximum atomic E-state index is 6.30. The Kier molecular flexibility index (Phi) is 3.30. The highest BCUT2D eigenvalue weighted by Crippen LogP contribution is 2.40. The predicted molar refractivity (Wildman–Crippen MR) is 99.3 cm³/mol. The highest BCUT2D eigenvalue weighted by Gasteiger charge is 2.42. The summed E-state index contributed by atoms with van der Waals surface area (Å²) >= 11 is 0. The summed E-state index contributed by atoms with van der Waals surface area (Å²) in [5, 5.41) is 1.21. The third-order valence-corrected chi connectivity index (χ3v) is 5.40. The third kappa shape index (κ3) is 2.17. The smallest absolute Gasteiger partial charge is 0.220 e. The average Bonchev–Trinajstić information content (AvgIpc) is 2.82. The van der Waals surface area contributed by atoms with Crippen molar-refractivity contribution in [1.29, 1.82) is 0 Å². The van der Waals surface area contributed by atoms with Gasteiger partial charge in [-0.15, -0.1) is 0 Å². The summed E-state index contributed by atoms with van der Waals surface area (Å²) < 4.78 is 0. The predicted octanol–water partition coefficient (Wildman–Crippen LogP) is 2.89. The van der Waals surface area contributed by atoms with Gasteiger partial charge >= 0.3 is 0 Å².